The van der Waals surface area contributed by atoms with Crippen molar-refractivity contribution in [3.05, 3.63) is 217 Å². The van der Waals surface area contributed by atoms with Crippen molar-refractivity contribution >= 4 is 21.9 Å². The van der Waals surface area contributed by atoms with Gasteiger partial charge in [-0.05, 0) is 39.4 Å². The Labute approximate surface area is 323 Å². The lowest BCUT2D eigenvalue weighted by molar-refractivity contribution is 0.669. The molecule has 56 heavy (non-hydrogen) atoms. The van der Waals surface area contributed by atoms with E-state index in [4.69, 9.17) is 24.4 Å². The summed E-state index contributed by atoms with van der Waals surface area (Å²) in [5.74, 6) is 1.36. The zero-order chi connectivity index (χ0) is 37.1. The second-order valence-electron chi connectivity index (χ2n) is 14.2. The minimum absolute atomic E-state index is 0.677. The van der Waals surface area contributed by atoms with E-state index in [-0.39, 0.29) is 0 Å². The summed E-state index contributed by atoms with van der Waals surface area (Å²) in [5, 5.41) is 2.12. The maximum Gasteiger partial charge on any atom is 0.159 e. The third-order valence-corrected chi connectivity index (χ3v) is 11.2. The number of hydrogen-bond acceptors (Lipinski definition) is 5. The summed E-state index contributed by atoms with van der Waals surface area (Å²) in [7, 11) is 0. The molecule has 3 aromatic heterocycles. The summed E-state index contributed by atoms with van der Waals surface area (Å²) in [6, 6.07) is 59.6. The first kappa shape index (κ1) is 32.0. The van der Waals surface area contributed by atoms with Crippen LogP contribution in [-0.4, -0.2) is 19.9 Å². The van der Waals surface area contributed by atoms with Crippen molar-refractivity contribution < 1.29 is 4.42 Å². The molecule has 0 spiro atoms. The maximum atomic E-state index is 7.28. The van der Waals surface area contributed by atoms with Gasteiger partial charge in [0.25, 0.3) is 0 Å². The highest BCUT2D eigenvalue weighted by Gasteiger charge is 2.44. The molecule has 0 atom stereocenters. The Bertz CT molecular complexity index is 3000. The van der Waals surface area contributed by atoms with Crippen molar-refractivity contribution in [2.45, 2.75) is 5.41 Å². The molecule has 0 amide bonds. The summed E-state index contributed by atoms with van der Waals surface area (Å²) < 4.78 is 7.28. The molecule has 0 bridgehead atoms. The highest BCUT2D eigenvalue weighted by atomic mass is 16.3. The number of aromatic nitrogens is 4. The predicted octanol–water partition coefficient (Wildman–Crippen LogP) is 12.2. The van der Waals surface area contributed by atoms with Crippen molar-refractivity contribution in [1.82, 2.24) is 19.9 Å². The average Bonchev–Trinajstić information content (AvgIpc) is 3.64. The maximum absolute atomic E-state index is 7.28. The minimum Gasteiger partial charge on any atom is -0.455 e. The summed E-state index contributed by atoms with van der Waals surface area (Å²) in [4.78, 5) is 19.3. The van der Waals surface area contributed by atoms with Crippen LogP contribution in [0.3, 0.4) is 0 Å². The predicted molar refractivity (Wildman–Crippen MR) is 224 cm³/mol. The third kappa shape index (κ3) is 4.81. The summed E-state index contributed by atoms with van der Waals surface area (Å²) in [5.41, 5.74) is 13.4. The Hall–Kier alpha value is -7.50. The van der Waals surface area contributed by atoms with Crippen LogP contribution in [0.25, 0.3) is 78.1 Å². The van der Waals surface area contributed by atoms with Crippen LogP contribution in [0.1, 0.15) is 22.3 Å². The SMILES string of the molecule is c1ccc(-c2ncc(-c3ccc4c5c3oc3c(-c6cnc(-c7ccccc7)nc6)ccc(c35)C(c3ccccc3)(c3ccccc3)c3ccccc3-4)cn2)cc1. The zero-order valence-corrected chi connectivity index (χ0v) is 30.2. The first-order valence-corrected chi connectivity index (χ1v) is 18.8. The van der Waals surface area contributed by atoms with Crippen LogP contribution in [0.2, 0.25) is 0 Å². The number of furan rings is 1. The van der Waals surface area contributed by atoms with E-state index in [1.807, 2.05) is 85.5 Å². The van der Waals surface area contributed by atoms with Crippen LogP contribution >= 0.6 is 0 Å². The molecule has 3 heterocycles. The third-order valence-electron chi connectivity index (χ3n) is 11.2. The fourth-order valence-electron chi connectivity index (χ4n) is 8.73. The topological polar surface area (TPSA) is 64.7 Å². The van der Waals surface area contributed by atoms with Crippen LogP contribution in [-0.2, 0) is 5.41 Å². The molecular formula is C51H32N4O. The lowest BCUT2D eigenvalue weighted by atomic mass is 9.63. The molecule has 0 saturated carbocycles. The molecule has 0 unspecified atom stereocenters. The van der Waals surface area contributed by atoms with E-state index in [1.165, 1.54) is 16.7 Å². The fourth-order valence-corrected chi connectivity index (χ4v) is 8.73. The van der Waals surface area contributed by atoms with Crippen LogP contribution < -0.4 is 0 Å². The molecule has 262 valence electrons. The molecule has 10 aromatic rings. The first-order chi connectivity index (χ1) is 27.8. The van der Waals surface area contributed by atoms with Gasteiger partial charge in [-0.1, -0.05) is 164 Å². The number of fused-ring (bicyclic) bond motifs is 2. The normalized spacial score (nSPS) is 12.8. The molecule has 0 N–H and O–H groups in total. The van der Waals surface area contributed by atoms with Gasteiger partial charge in [0, 0.05) is 68.9 Å². The van der Waals surface area contributed by atoms with Gasteiger partial charge in [-0.3, -0.25) is 0 Å². The highest BCUT2D eigenvalue weighted by molar-refractivity contribution is 6.21. The zero-order valence-electron chi connectivity index (χ0n) is 30.2. The lowest BCUT2D eigenvalue weighted by Gasteiger charge is -2.37. The van der Waals surface area contributed by atoms with E-state index in [0.29, 0.717) is 11.6 Å². The van der Waals surface area contributed by atoms with Crippen molar-refractivity contribution in [1.29, 1.82) is 0 Å². The molecule has 7 aromatic carbocycles. The van der Waals surface area contributed by atoms with Gasteiger partial charge in [-0.2, -0.15) is 0 Å². The molecule has 0 fully saturated rings. The molecule has 5 nitrogen and oxygen atoms in total. The number of rotatable bonds is 6. The quantitative estimate of drug-likeness (QED) is 0.171. The number of hydrogen-bond donors (Lipinski definition) is 0. The van der Waals surface area contributed by atoms with Gasteiger partial charge in [0.1, 0.15) is 11.2 Å². The van der Waals surface area contributed by atoms with Crippen molar-refractivity contribution in [2.24, 2.45) is 0 Å². The minimum atomic E-state index is -0.681. The van der Waals surface area contributed by atoms with Crippen LogP contribution in [0.4, 0.5) is 0 Å². The van der Waals surface area contributed by atoms with Gasteiger partial charge in [-0.15, -0.1) is 0 Å². The van der Waals surface area contributed by atoms with Gasteiger partial charge >= 0.3 is 0 Å². The Morgan fingerprint density at radius 3 is 1.29 bits per heavy atom. The molecule has 1 aliphatic carbocycles. The molecule has 0 radical (unpaired) electrons. The van der Waals surface area contributed by atoms with E-state index in [0.717, 1.165) is 72.0 Å². The van der Waals surface area contributed by atoms with Gasteiger partial charge in [0.15, 0.2) is 11.6 Å². The summed E-state index contributed by atoms with van der Waals surface area (Å²) >= 11 is 0. The van der Waals surface area contributed by atoms with Crippen LogP contribution in [0, 0.1) is 0 Å². The van der Waals surface area contributed by atoms with Crippen molar-refractivity contribution in [2.75, 3.05) is 0 Å². The highest BCUT2D eigenvalue weighted by Crippen LogP contribution is 2.57. The molecule has 5 heteroatoms. The molecule has 11 rings (SSSR count). The van der Waals surface area contributed by atoms with Crippen molar-refractivity contribution in [3.63, 3.8) is 0 Å². The van der Waals surface area contributed by atoms with E-state index in [2.05, 4.69) is 109 Å². The molecule has 1 aliphatic rings. The van der Waals surface area contributed by atoms with Gasteiger partial charge in [-0.25, -0.2) is 19.9 Å². The second kappa shape index (κ2) is 12.8. The molecule has 0 saturated heterocycles. The van der Waals surface area contributed by atoms with E-state index < -0.39 is 5.41 Å². The number of benzene rings is 7. The lowest BCUT2D eigenvalue weighted by Crippen LogP contribution is -2.31. The molecule has 0 aliphatic heterocycles. The smallest absolute Gasteiger partial charge is 0.159 e. The summed E-state index contributed by atoms with van der Waals surface area (Å²) in [6.07, 6.45) is 7.62. The fraction of sp³-hybridized carbons (Fsp3) is 0.0196. The van der Waals surface area contributed by atoms with Crippen LogP contribution in [0.15, 0.2) is 199 Å². The van der Waals surface area contributed by atoms with E-state index in [1.54, 1.807) is 0 Å². The largest absolute Gasteiger partial charge is 0.455 e. The van der Waals surface area contributed by atoms with Gasteiger partial charge < -0.3 is 4.42 Å². The standard InChI is InChI=1S/C51H32N4O/c1-5-15-33(16-6-1)49-52-29-35(30-53-49)39-25-26-42-41-23-13-14-24-43(41)51(37-19-9-3-10-20-37,38-21-11-4-12-22-38)44-28-27-40(48-46(44)45(42)47(39)56-48)36-31-54-50(55-32-36)34-17-7-2-8-18-34/h1-32H. The van der Waals surface area contributed by atoms with Gasteiger partial charge in [0.05, 0.1) is 5.41 Å². The van der Waals surface area contributed by atoms with E-state index >= 15 is 0 Å². The summed E-state index contributed by atoms with van der Waals surface area (Å²) in [6.45, 7) is 0. The van der Waals surface area contributed by atoms with Gasteiger partial charge in [0.2, 0.25) is 0 Å². The van der Waals surface area contributed by atoms with Crippen LogP contribution in [0.5, 0.6) is 0 Å². The Balaban J connectivity index is 1.25. The Morgan fingerprint density at radius 1 is 0.321 bits per heavy atom. The Kier molecular flexibility index (Phi) is 7.32. The molecular weight excluding hydrogens is 685 g/mol. The Morgan fingerprint density at radius 2 is 0.750 bits per heavy atom. The van der Waals surface area contributed by atoms with E-state index in [9.17, 15) is 0 Å². The van der Waals surface area contributed by atoms with Crippen molar-refractivity contribution in [3.8, 4) is 56.2 Å². The number of nitrogens with zero attached hydrogens (tertiary/aromatic N) is 4. The first-order valence-electron chi connectivity index (χ1n) is 18.8. The average molecular weight is 717 g/mol. The monoisotopic (exact) mass is 716 g/mol. The second-order valence-corrected chi connectivity index (χ2v) is 14.2.